The first kappa shape index (κ1) is 12.6. The molecule has 0 bridgehead atoms. The average Bonchev–Trinajstić information content (AvgIpc) is 2.75. The Bertz CT molecular complexity index is 499. The number of aromatic nitrogens is 1. The van der Waals surface area contributed by atoms with Crippen LogP contribution in [0.15, 0.2) is 16.9 Å². The van der Waals surface area contributed by atoms with E-state index in [1.807, 2.05) is 0 Å². The molecule has 7 nitrogen and oxygen atoms in total. The van der Waals surface area contributed by atoms with Gasteiger partial charge in [0.2, 0.25) is 0 Å². The van der Waals surface area contributed by atoms with Crippen LogP contribution in [0.2, 0.25) is 0 Å². The fourth-order valence-corrected chi connectivity index (χ4v) is 1.96. The number of pyridine rings is 1. The molecule has 2 heterocycles. The molecule has 1 aromatic heterocycles. The second-order valence-electron chi connectivity index (χ2n) is 4.13. The number of amides is 1. The number of aromatic hydroxyl groups is 1. The summed E-state index contributed by atoms with van der Waals surface area (Å²) < 4.78 is 5.21. The molecule has 0 radical (unpaired) electrons. The number of hydrogen-bond acceptors (Lipinski definition) is 5. The quantitative estimate of drug-likeness (QED) is 0.541. The maximum absolute atomic E-state index is 11.9. The van der Waals surface area contributed by atoms with E-state index in [0.717, 1.165) is 6.07 Å². The second kappa shape index (κ2) is 5.19. The summed E-state index contributed by atoms with van der Waals surface area (Å²) >= 11 is 0. The molecule has 0 aliphatic carbocycles. The van der Waals surface area contributed by atoms with Gasteiger partial charge in [0.25, 0.3) is 11.5 Å². The summed E-state index contributed by atoms with van der Waals surface area (Å²) in [5.41, 5.74) is -0.397. The molecule has 1 aromatic rings. The van der Waals surface area contributed by atoms with Gasteiger partial charge in [-0.25, -0.2) is 0 Å². The predicted molar refractivity (Wildman–Crippen MR) is 63.6 cm³/mol. The van der Waals surface area contributed by atoms with E-state index in [9.17, 15) is 14.7 Å². The van der Waals surface area contributed by atoms with E-state index >= 15 is 0 Å². The van der Waals surface area contributed by atoms with Crippen molar-refractivity contribution in [3.63, 3.8) is 0 Å². The van der Waals surface area contributed by atoms with Crippen LogP contribution < -0.4 is 16.2 Å². The van der Waals surface area contributed by atoms with Crippen molar-refractivity contribution in [2.45, 2.75) is 12.1 Å². The topological polar surface area (TPSA) is 103 Å². The summed E-state index contributed by atoms with van der Waals surface area (Å²) in [7, 11) is 1.58. The van der Waals surface area contributed by atoms with E-state index in [1.165, 1.54) is 6.07 Å². The average molecular weight is 253 g/mol. The van der Waals surface area contributed by atoms with Gasteiger partial charge in [0.15, 0.2) is 5.88 Å². The van der Waals surface area contributed by atoms with Crippen molar-refractivity contribution >= 4 is 5.91 Å². The zero-order chi connectivity index (χ0) is 13.1. The van der Waals surface area contributed by atoms with Crippen LogP contribution in [0.1, 0.15) is 10.4 Å². The van der Waals surface area contributed by atoms with Gasteiger partial charge >= 0.3 is 0 Å². The molecular formula is C11H15N3O4. The Morgan fingerprint density at radius 2 is 2.28 bits per heavy atom. The number of nitrogens with one attached hydrogen (secondary N) is 3. The van der Waals surface area contributed by atoms with Crippen molar-refractivity contribution in [3.8, 4) is 5.88 Å². The molecule has 0 aromatic carbocycles. The molecule has 7 heteroatoms. The maximum atomic E-state index is 11.9. The van der Waals surface area contributed by atoms with Crippen molar-refractivity contribution in [3.05, 3.63) is 28.0 Å². The van der Waals surface area contributed by atoms with Crippen LogP contribution in [0.5, 0.6) is 5.88 Å². The van der Waals surface area contributed by atoms with Gasteiger partial charge in [-0.2, -0.15) is 0 Å². The molecule has 2 atom stereocenters. The zero-order valence-corrected chi connectivity index (χ0v) is 9.90. The van der Waals surface area contributed by atoms with Crippen LogP contribution in [0.3, 0.4) is 0 Å². The van der Waals surface area contributed by atoms with Gasteiger partial charge in [0.05, 0.1) is 17.7 Å². The van der Waals surface area contributed by atoms with Gasteiger partial charge in [-0.1, -0.05) is 0 Å². The van der Waals surface area contributed by atoms with Crippen molar-refractivity contribution in [1.29, 1.82) is 0 Å². The van der Waals surface area contributed by atoms with Gasteiger partial charge in [-0.05, 0) is 0 Å². The monoisotopic (exact) mass is 253 g/mol. The van der Waals surface area contributed by atoms with Crippen LogP contribution >= 0.6 is 0 Å². The van der Waals surface area contributed by atoms with E-state index in [2.05, 4.69) is 15.6 Å². The van der Waals surface area contributed by atoms with E-state index in [-0.39, 0.29) is 23.6 Å². The first-order chi connectivity index (χ1) is 8.60. The molecule has 1 saturated heterocycles. The Kier molecular flexibility index (Phi) is 3.63. The van der Waals surface area contributed by atoms with Crippen LogP contribution in [0.25, 0.3) is 0 Å². The smallest absolute Gasteiger partial charge is 0.252 e. The van der Waals surface area contributed by atoms with Gasteiger partial charge in [0, 0.05) is 32.3 Å². The summed E-state index contributed by atoms with van der Waals surface area (Å²) in [5.74, 6) is -0.743. The molecular weight excluding hydrogens is 238 g/mol. The lowest BCUT2D eigenvalue weighted by molar-refractivity contribution is 0.0779. The van der Waals surface area contributed by atoms with Crippen LogP contribution in [0, 0.1) is 0 Å². The number of aromatic amines is 1. The third-order valence-electron chi connectivity index (χ3n) is 2.87. The molecule has 1 unspecified atom stereocenters. The van der Waals surface area contributed by atoms with Crippen LogP contribution in [0.4, 0.5) is 0 Å². The van der Waals surface area contributed by atoms with Gasteiger partial charge in [-0.3, -0.25) is 14.6 Å². The number of H-pyrrole nitrogens is 1. The first-order valence-electron chi connectivity index (χ1n) is 5.58. The Hall–Kier alpha value is -1.86. The van der Waals surface area contributed by atoms with Crippen molar-refractivity contribution in [1.82, 2.24) is 15.6 Å². The third-order valence-corrected chi connectivity index (χ3v) is 2.87. The first-order valence-corrected chi connectivity index (χ1v) is 5.58. The Balaban J connectivity index is 2.09. The Morgan fingerprint density at radius 3 is 2.94 bits per heavy atom. The summed E-state index contributed by atoms with van der Waals surface area (Å²) in [5, 5.41) is 15.1. The van der Waals surface area contributed by atoms with E-state index in [0.29, 0.717) is 13.1 Å². The van der Waals surface area contributed by atoms with Crippen molar-refractivity contribution in [2.75, 3.05) is 20.2 Å². The fourth-order valence-electron chi connectivity index (χ4n) is 1.96. The van der Waals surface area contributed by atoms with Crippen LogP contribution in [-0.2, 0) is 4.74 Å². The summed E-state index contributed by atoms with van der Waals surface area (Å²) in [4.78, 5) is 25.2. The molecule has 1 aliphatic heterocycles. The highest BCUT2D eigenvalue weighted by Crippen LogP contribution is 2.07. The SMILES string of the molecule is CO[C@@H]1CNCC1NC(=O)c1cc(O)[nH]c(=O)c1. The highest BCUT2D eigenvalue weighted by Gasteiger charge is 2.28. The minimum Gasteiger partial charge on any atom is -0.494 e. The standard InChI is InChI=1S/C11H15N3O4/c1-18-8-5-12-4-7(8)13-11(17)6-2-9(15)14-10(16)3-6/h2-3,7-8,12H,4-5H2,1H3,(H,13,17)(H2,14,15,16)/t7?,8-/m1/s1. The molecule has 0 saturated carbocycles. The highest BCUT2D eigenvalue weighted by molar-refractivity contribution is 5.94. The largest absolute Gasteiger partial charge is 0.494 e. The van der Waals surface area contributed by atoms with Gasteiger partial charge in [0.1, 0.15) is 0 Å². The third kappa shape index (κ3) is 2.69. The molecule has 1 aliphatic rings. The second-order valence-corrected chi connectivity index (χ2v) is 4.13. The summed E-state index contributed by atoms with van der Waals surface area (Å²) in [6.07, 6.45) is -0.0930. The lowest BCUT2D eigenvalue weighted by Crippen LogP contribution is -2.43. The normalized spacial score (nSPS) is 22.9. The number of methoxy groups -OCH3 is 1. The molecule has 0 spiro atoms. The van der Waals surface area contributed by atoms with Crippen molar-refractivity contribution in [2.24, 2.45) is 0 Å². The fraction of sp³-hybridized carbons (Fsp3) is 0.455. The number of carbonyl (C=O) groups is 1. The van der Waals surface area contributed by atoms with E-state index in [4.69, 9.17) is 4.74 Å². The molecule has 2 rings (SSSR count). The lowest BCUT2D eigenvalue weighted by atomic mass is 10.2. The number of hydrogen-bond donors (Lipinski definition) is 4. The highest BCUT2D eigenvalue weighted by atomic mass is 16.5. The van der Waals surface area contributed by atoms with Gasteiger partial charge in [-0.15, -0.1) is 0 Å². The Morgan fingerprint density at radius 1 is 1.50 bits per heavy atom. The number of carbonyl (C=O) groups excluding carboxylic acids is 1. The molecule has 1 fully saturated rings. The Labute approximate surface area is 103 Å². The van der Waals surface area contributed by atoms with E-state index < -0.39 is 11.5 Å². The van der Waals surface area contributed by atoms with Gasteiger partial charge < -0.3 is 20.5 Å². The zero-order valence-electron chi connectivity index (χ0n) is 9.90. The predicted octanol–water partition coefficient (Wildman–Crippen LogP) is -1.20. The lowest BCUT2D eigenvalue weighted by Gasteiger charge is -2.18. The molecule has 98 valence electrons. The molecule has 18 heavy (non-hydrogen) atoms. The molecule has 1 amide bonds. The number of ether oxygens (including phenoxy) is 1. The van der Waals surface area contributed by atoms with Crippen molar-refractivity contribution < 1.29 is 14.6 Å². The molecule has 4 N–H and O–H groups in total. The maximum Gasteiger partial charge on any atom is 0.252 e. The minimum absolute atomic E-state index is 0.0930. The minimum atomic E-state index is -0.520. The summed E-state index contributed by atoms with van der Waals surface area (Å²) in [6, 6.07) is 2.20. The van der Waals surface area contributed by atoms with E-state index in [1.54, 1.807) is 7.11 Å². The van der Waals surface area contributed by atoms with Crippen LogP contribution in [-0.4, -0.2) is 48.3 Å². The number of rotatable bonds is 3. The summed E-state index contributed by atoms with van der Waals surface area (Å²) in [6.45, 7) is 1.28.